The lowest BCUT2D eigenvalue weighted by molar-refractivity contribution is 0.0660. The van der Waals surface area contributed by atoms with Gasteiger partial charge in [-0.1, -0.05) is 12.8 Å². The minimum Gasteiger partial charge on any atom is -0.475 e. The average Bonchev–Trinajstić information content (AvgIpc) is 2.98. The Bertz CT molecular complexity index is 434. The standard InChI is InChI=1S/C14H22N2O3/c1-16(2)14(6-3-4-7-14)10-15-9-11-5-8-19-12(11)13(17)18/h5,8,15H,3-4,6-7,9-10H2,1-2H3,(H,17,18). The number of carbonyl (C=O) groups is 1. The molecule has 0 saturated heterocycles. The van der Waals surface area contributed by atoms with E-state index in [1.807, 2.05) is 0 Å². The first-order valence-corrected chi connectivity index (χ1v) is 6.73. The van der Waals surface area contributed by atoms with E-state index < -0.39 is 5.97 Å². The van der Waals surface area contributed by atoms with E-state index in [-0.39, 0.29) is 11.3 Å². The van der Waals surface area contributed by atoms with Crippen molar-refractivity contribution < 1.29 is 14.3 Å². The van der Waals surface area contributed by atoms with Gasteiger partial charge in [0.2, 0.25) is 5.76 Å². The molecule has 1 saturated carbocycles. The quantitative estimate of drug-likeness (QED) is 0.823. The van der Waals surface area contributed by atoms with Crippen LogP contribution in [0.15, 0.2) is 16.7 Å². The van der Waals surface area contributed by atoms with Crippen molar-refractivity contribution in [3.05, 3.63) is 23.7 Å². The minimum atomic E-state index is -1.01. The van der Waals surface area contributed by atoms with Crippen molar-refractivity contribution in [1.29, 1.82) is 0 Å². The Balaban J connectivity index is 1.92. The first-order valence-electron chi connectivity index (χ1n) is 6.73. The van der Waals surface area contributed by atoms with E-state index in [0.717, 1.165) is 6.54 Å². The van der Waals surface area contributed by atoms with Gasteiger partial charge in [-0.3, -0.25) is 0 Å². The van der Waals surface area contributed by atoms with Crippen molar-refractivity contribution >= 4 is 5.97 Å². The van der Waals surface area contributed by atoms with Crippen LogP contribution < -0.4 is 5.32 Å². The predicted molar refractivity (Wildman–Crippen MR) is 72.3 cm³/mol. The summed E-state index contributed by atoms with van der Waals surface area (Å²) in [5.41, 5.74) is 0.923. The SMILES string of the molecule is CN(C)C1(CNCc2ccoc2C(=O)O)CCCC1. The maximum Gasteiger partial charge on any atom is 0.372 e. The van der Waals surface area contributed by atoms with Gasteiger partial charge in [-0.15, -0.1) is 0 Å². The second-order valence-electron chi connectivity index (χ2n) is 5.51. The third-order valence-electron chi connectivity index (χ3n) is 4.19. The summed E-state index contributed by atoms with van der Waals surface area (Å²) in [6, 6.07) is 1.72. The molecule has 1 fully saturated rings. The molecule has 0 radical (unpaired) electrons. The fraction of sp³-hybridized carbons (Fsp3) is 0.643. The summed E-state index contributed by atoms with van der Waals surface area (Å²) < 4.78 is 4.97. The maximum absolute atomic E-state index is 10.9. The minimum absolute atomic E-state index is 0.0397. The van der Waals surface area contributed by atoms with Crippen LogP contribution in [0.4, 0.5) is 0 Å². The van der Waals surface area contributed by atoms with Crippen LogP contribution in [-0.2, 0) is 6.54 Å². The molecule has 2 rings (SSSR count). The highest BCUT2D eigenvalue weighted by Gasteiger charge is 2.35. The lowest BCUT2D eigenvalue weighted by Gasteiger charge is -2.36. The number of hydrogen-bond donors (Lipinski definition) is 2. The highest BCUT2D eigenvalue weighted by Crippen LogP contribution is 2.33. The number of likely N-dealkylation sites (N-methyl/N-ethyl adjacent to an activating group) is 1. The van der Waals surface area contributed by atoms with Crippen LogP contribution >= 0.6 is 0 Å². The topological polar surface area (TPSA) is 65.7 Å². The number of rotatable bonds is 6. The molecule has 0 atom stereocenters. The van der Waals surface area contributed by atoms with Crippen molar-refractivity contribution in [1.82, 2.24) is 10.2 Å². The van der Waals surface area contributed by atoms with E-state index in [4.69, 9.17) is 9.52 Å². The second kappa shape index (κ2) is 5.75. The summed E-state index contributed by atoms with van der Waals surface area (Å²) in [6.45, 7) is 1.41. The number of nitrogens with zero attached hydrogens (tertiary/aromatic N) is 1. The van der Waals surface area contributed by atoms with Gasteiger partial charge in [0, 0.05) is 24.2 Å². The van der Waals surface area contributed by atoms with E-state index in [0.29, 0.717) is 12.1 Å². The molecule has 1 aliphatic carbocycles. The molecule has 0 spiro atoms. The number of carboxylic acid groups (broad SMARTS) is 1. The van der Waals surface area contributed by atoms with Crippen LogP contribution in [0.5, 0.6) is 0 Å². The lowest BCUT2D eigenvalue weighted by Crippen LogP contribution is -2.49. The highest BCUT2D eigenvalue weighted by atomic mass is 16.4. The Morgan fingerprint density at radius 2 is 2.16 bits per heavy atom. The van der Waals surface area contributed by atoms with Gasteiger partial charge < -0.3 is 19.7 Å². The molecule has 1 aliphatic rings. The van der Waals surface area contributed by atoms with Crippen LogP contribution in [0.25, 0.3) is 0 Å². The Morgan fingerprint density at radius 3 is 2.74 bits per heavy atom. The Kier molecular flexibility index (Phi) is 4.27. The van der Waals surface area contributed by atoms with Crippen LogP contribution in [0.3, 0.4) is 0 Å². The van der Waals surface area contributed by atoms with E-state index in [9.17, 15) is 4.79 Å². The molecular weight excluding hydrogens is 244 g/mol. The number of carboxylic acids is 1. The van der Waals surface area contributed by atoms with E-state index in [1.54, 1.807) is 6.07 Å². The first kappa shape index (κ1) is 14.1. The van der Waals surface area contributed by atoms with Gasteiger partial charge in [0.05, 0.1) is 6.26 Å². The van der Waals surface area contributed by atoms with Gasteiger partial charge in [0.1, 0.15) is 0 Å². The fourth-order valence-electron chi connectivity index (χ4n) is 2.91. The summed E-state index contributed by atoms with van der Waals surface area (Å²) in [4.78, 5) is 13.2. The zero-order valence-electron chi connectivity index (χ0n) is 11.6. The molecule has 5 heteroatoms. The smallest absolute Gasteiger partial charge is 0.372 e. The second-order valence-corrected chi connectivity index (χ2v) is 5.51. The van der Waals surface area contributed by atoms with Gasteiger partial charge in [0.25, 0.3) is 0 Å². The van der Waals surface area contributed by atoms with Gasteiger partial charge in [0.15, 0.2) is 0 Å². The normalized spacial score (nSPS) is 18.1. The Morgan fingerprint density at radius 1 is 1.47 bits per heavy atom. The number of nitrogens with one attached hydrogen (secondary N) is 1. The molecular formula is C14H22N2O3. The zero-order valence-corrected chi connectivity index (χ0v) is 11.6. The highest BCUT2D eigenvalue weighted by molar-refractivity contribution is 5.86. The van der Waals surface area contributed by atoms with Crippen molar-refractivity contribution in [2.75, 3.05) is 20.6 Å². The van der Waals surface area contributed by atoms with Gasteiger partial charge in [-0.25, -0.2) is 4.79 Å². The van der Waals surface area contributed by atoms with E-state index >= 15 is 0 Å². The number of hydrogen-bond acceptors (Lipinski definition) is 4. The molecule has 0 amide bonds. The number of aromatic carboxylic acids is 1. The van der Waals surface area contributed by atoms with Crippen molar-refractivity contribution in [2.24, 2.45) is 0 Å². The van der Waals surface area contributed by atoms with Crippen LogP contribution in [0.2, 0.25) is 0 Å². The largest absolute Gasteiger partial charge is 0.475 e. The number of furan rings is 1. The molecule has 106 valence electrons. The molecule has 1 aromatic rings. The van der Waals surface area contributed by atoms with Gasteiger partial charge >= 0.3 is 5.97 Å². The molecule has 0 bridgehead atoms. The monoisotopic (exact) mass is 266 g/mol. The molecule has 0 aliphatic heterocycles. The molecule has 0 unspecified atom stereocenters. The molecule has 19 heavy (non-hydrogen) atoms. The van der Waals surface area contributed by atoms with Crippen LogP contribution in [-0.4, -0.2) is 42.2 Å². The molecule has 5 nitrogen and oxygen atoms in total. The fourth-order valence-corrected chi connectivity index (χ4v) is 2.91. The molecule has 1 heterocycles. The van der Waals surface area contributed by atoms with Crippen molar-refractivity contribution in [3.63, 3.8) is 0 Å². The average molecular weight is 266 g/mol. The third-order valence-corrected chi connectivity index (χ3v) is 4.19. The summed E-state index contributed by atoms with van der Waals surface area (Å²) >= 11 is 0. The van der Waals surface area contributed by atoms with Crippen LogP contribution in [0.1, 0.15) is 41.8 Å². The Hall–Kier alpha value is -1.33. The third kappa shape index (κ3) is 2.98. The predicted octanol–water partition coefficient (Wildman–Crippen LogP) is 1.94. The van der Waals surface area contributed by atoms with Gasteiger partial charge in [-0.2, -0.15) is 0 Å². The lowest BCUT2D eigenvalue weighted by atomic mass is 9.96. The van der Waals surface area contributed by atoms with E-state index in [1.165, 1.54) is 31.9 Å². The summed E-state index contributed by atoms with van der Waals surface area (Å²) in [5, 5.41) is 12.4. The van der Waals surface area contributed by atoms with Crippen molar-refractivity contribution in [2.45, 2.75) is 37.8 Å². The van der Waals surface area contributed by atoms with Gasteiger partial charge in [-0.05, 0) is 33.0 Å². The summed E-state index contributed by atoms with van der Waals surface area (Å²) in [7, 11) is 4.24. The van der Waals surface area contributed by atoms with E-state index in [2.05, 4.69) is 24.3 Å². The first-order chi connectivity index (χ1) is 9.05. The molecule has 1 aromatic heterocycles. The summed E-state index contributed by atoms with van der Waals surface area (Å²) in [6.07, 6.45) is 6.37. The zero-order chi connectivity index (χ0) is 13.9. The summed E-state index contributed by atoms with van der Waals surface area (Å²) in [5.74, 6) is -0.970. The molecule has 2 N–H and O–H groups in total. The van der Waals surface area contributed by atoms with Crippen LogP contribution in [0, 0.1) is 0 Å². The van der Waals surface area contributed by atoms with Crippen molar-refractivity contribution in [3.8, 4) is 0 Å². The maximum atomic E-state index is 10.9. The molecule has 0 aromatic carbocycles. The Labute approximate surface area is 113 Å².